The molecule has 2 aromatic rings. The van der Waals surface area contributed by atoms with Crippen molar-refractivity contribution in [3.63, 3.8) is 0 Å². The van der Waals surface area contributed by atoms with E-state index in [2.05, 4.69) is 14.9 Å². The van der Waals surface area contributed by atoms with Crippen LogP contribution >= 0.6 is 11.6 Å². The summed E-state index contributed by atoms with van der Waals surface area (Å²) < 4.78 is 0. The fourth-order valence-corrected chi connectivity index (χ4v) is 3.27. The van der Waals surface area contributed by atoms with Gasteiger partial charge in [0.15, 0.2) is 5.78 Å². The van der Waals surface area contributed by atoms with Crippen LogP contribution in [-0.2, 0) is 4.79 Å². The van der Waals surface area contributed by atoms with Crippen LogP contribution in [-0.4, -0.2) is 52.7 Å². The van der Waals surface area contributed by atoms with Crippen LogP contribution in [0, 0.1) is 0 Å². The minimum atomic E-state index is 0.0942. The number of carbonyl (C=O) groups is 2. The van der Waals surface area contributed by atoms with Crippen molar-refractivity contribution in [3.8, 4) is 0 Å². The van der Waals surface area contributed by atoms with Gasteiger partial charge in [0.25, 0.3) is 0 Å². The Hall–Kier alpha value is -2.47. The molecule has 0 saturated carbocycles. The third-order valence-corrected chi connectivity index (χ3v) is 4.97. The summed E-state index contributed by atoms with van der Waals surface area (Å²) in [6, 6.07) is 6.93. The zero-order valence-electron chi connectivity index (χ0n) is 15.2. The van der Waals surface area contributed by atoms with Crippen LogP contribution in [0.25, 0.3) is 0 Å². The van der Waals surface area contributed by atoms with Gasteiger partial charge in [-0.15, -0.1) is 0 Å². The van der Waals surface area contributed by atoms with E-state index >= 15 is 0 Å². The first kappa shape index (κ1) is 19.3. The maximum absolute atomic E-state index is 12.4. The molecule has 27 heavy (non-hydrogen) atoms. The fraction of sp³-hybridized carbons (Fsp3) is 0.400. The average Bonchev–Trinajstić information content (AvgIpc) is 2.72. The van der Waals surface area contributed by atoms with Crippen LogP contribution in [0.5, 0.6) is 0 Å². The summed E-state index contributed by atoms with van der Waals surface area (Å²) in [5, 5.41) is 0.622. The van der Waals surface area contributed by atoms with Gasteiger partial charge < -0.3 is 9.80 Å². The Balaban J connectivity index is 1.35. The second kappa shape index (κ2) is 9.46. The van der Waals surface area contributed by atoms with Gasteiger partial charge in [-0.3, -0.25) is 14.6 Å². The summed E-state index contributed by atoms with van der Waals surface area (Å²) in [7, 11) is 0. The summed E-state index contributed by atoms with van der Waals surface area (Å²) in [5.41, 5.74) is 0.672. The zero-order chi connectivity index (χ0) is 19.1. The largest absolute Gasteiger partial charge is 0.352 e. The number of aromatic nitrogens is 2. The Morgan fingerprint density at radius 3 is 2.33 bits per heavy atom. The fourth-order valence-electron chi connectivity index (χ4n) is 3.14. The maximum Gasteiger partial charge on any atom is 0.222 e. The van der Waals surface area contributed by atoms with Crippen LogP contribution in [0.15, 0.2) is 42.9 Å². The Morgan fingerprint density at radius 1 is 0.963 bits per heavy atom. The summed E-state index contributed by atoms with van der Waals surface area (Å²) in [6.45, 7) is 2.91. The van der Waals surface area contributed by atoms with Crippen molar-refractivity contribution in [2.45, 2.75) is 25.7 Å². The van der Waals surface area contributed by atoms with Crippen LogP contribution in [0.3, 0.4) is 0 Å². The summed E-state index contributed by atoms with van der Waals surface area (Å²) in [6.07, 6.45) is 7.46. The number of halogens is 1. The monoisotopic (exact) mass is 386 g/mol. The van der Waals surface area contributed by atoms with E-state index < -0.39 is 0 Å². The van der Waals surface area contributed by atoms with Gasteiger partial charge in [0, 0.05) is 62.0 Å². The quantitative estimate of drug-likeness (QED) is 0.540. The first-order valence-corrected chi connectivity index (χ1v) is 9.59. The molecule has 1 aliphatic rings. The van der Waals surface area contributed by atoms with Crippen LogP contribution < -0.4 is 4.90 Å². The highest BCUT2D eigenvalue weighted by Gasteiger charge is 2.21. The predicted molar refractivity (Wildman–Crippen MR) is 105 cm³/mol. The maximum atomic E-state index is 12.4. The molecule has 0 N–H and O–H groups in total. The van der Waals surface area contributed by atoms with Gasteiger partial charge in [0.1, 0.15) is 5.82 Å². The molecule has 1 fully saturated rings. The predicted octanol–water partition coefficient (Wildman–Crippen LogP) is 3.22. The van der Waals surface area contributed by atoms with Crippen molar-refractivity contribution in [1.82, 2.24) is 14.9 Å². The number of benzene rings is 1. The Bertz CT molecular complexity index is 759. The number of nitrogens with zero attached hydrogens (tertiary/aromatic N) is 4. The molecule has 2 heterocycles. The molecule has 1 aromatic heterocycles. The standard InChI is InChI=1S/C20H23ClN4O2/c21-17-7-5-16(6-8-17)18(26)3-1-2-4-20(27)25-13-11-24(12-14-25)19-15-22-9-10-23-19/h5-10,15H,1-4,11-14H2. The van der Waals surface area contributed by atoms with E-state index in [1.165, 1.54) is 0 Å². The van der Waals surface area contributed by atoms with Crippen molar-refractivity contribution >= 4 is 29.1 Å². The van der Waals surface area contributed by atoms with Gasteiger partial charge in [-0.05, 0) is 37.1 Å². The third-order valence-electron chi connectivity index (χ3n) is 4.72. The van der Waals surface area contributed by atoms with Gasteiger partial charge in [-0.1, -0.05) is 11.6 Å². The summed E-state index contributed by atoms with van der Waals surface area (Å²) >= 11 is 5.83. The first-order chi connectivity index (χ1) is 13.1. The first-order valence-electron chi connectivity index (χ1n) is 9.21. The normalized spacial score (nSPS) is 14.3. The molecule has 7 heteroatoms. The summed E-state index contributed by atoms with van der Waals surface area (Å²) in [5.74, 6) is 1.11. The molecule has 0 radical (unpaired) electrons. The number of rotatable bonds is 7. The van der Waals surface area contributed by atoms with Gasteiger partial charge in [-0.2, -0.15) is 0 Å². The third kappa shape index (κ3) is 5.50. The van der Waals surface area contributed by atoms with Crippen LogP contribution in [0.1, 0.15) is 36.0 Å². The van der Waals surface area contributed by atoms with E-state index in [0.29, 0.717) is 42.9 Å². The van der Waals surface area contributed by atoms with Gasteiger partial charge >= 0.3 is 0 Å². The molecule has 0 aliphatic carbocycles. The number of hydrogen-bond donors (Lipinski definition) is 0. The van der Waals surface area contributed by atoms with E-state index in [1.54, 1.807) is 42.9 Å². The average molecular weight is 387 g/mol. The van der Waals surface area contributed by atoms with E-state index in [1.807, 2.05) is 4.90 Å². The molecule has 1 saturated heterocycles. The van der Waals surface area contributed by atoms with E-state index in [0.717, 1.165) is 25.3 Å². The van der Waals surface area contributed by atoms with Crippen LogP contribution in [0.2, 0.25) is 5.02 Å². The number of Topliss-reactive ketones (excluding diaryl/α,β-unsaturated/α-hetero) is 1. The van der Waals surface area contributed by atoms with Crippen molar-refractivity contribution in [3.05, 3.63) is 53.4 Å². The lowest BCUT2D eigenvalue weighted by Gasteiger charge is -2.35. The molecule has 0 bridgehead atoms. The van der Waals surface area contributed by atoms with E-state index in [-0.39, 0.29) is 11.7 Å². The highest BCUT2D eigenvalue weighted by atomic mass is 35.5. The molecular formula is C20H23ClN4O2. The smallest absolute Gasteiger partial charge is 0.222 e. The van der Waals surface area contributed by atoms with Crippen molar-refractivity contribution in [2.75, 3.05) is 31.1 Å². The zero-order valence-corrected chi connectivity index (χ0v) is 15.9. The van der Waals surface area contributed by atoms with Crippen molar-refractivity contribution in [1.29, 1.82) is 0 Å². The molecule has 1 amide bonds. The lowest BCUT2D eigenvalue weighted by atomic mass is 10.0. The molecule has 142 valence electrons. The molecule has 0 spiro atoms. The number of hydrogen-bond acceptors (Lipinski definition) is 5. The number of unbranched alkanes of at least 4 members (excludes halogenated alkanes) is 1. The summed E-state index contributed by atoms with van der Waals surface area (Å²) in [4.78, 5) is 36.9. The molecule has 3 rings (SSSR count). The Morgan fingerprint density at radius 2 is 1.67 bits per heavy atom. The molecule has 1 aliphatic heterocycles. The number of piperazine rings is 1. The van der Waals surface area contributed by atoms with Gasteiger partial charge in [0.2, 0.25) is 5.91 Å². The molecular weight excluding hydrogens is 364 g/mol. The van der Waals surface area contributed by atoms with Crippen molar-refractivity contribution in [2.24, 2.45) is 0 Å². The number of ketones is 1. The Kier molecular flexibility index (Phi) is 6.76. The van der Waals surface area contributed by atoms with E-state index in [4.69, 9.17) is 11.6 Å². The molecule has 0 unspecified atom stereocenters. The van der Waals surface area contributed by atoms with Gasteiger partial charge in [0.05, 0.1) is 6.20 Å². The minimum absolute atomic E-state index is 0.0942. The lowest BCUT2D eigenvalue weighted by Crippen LogP contribution is -2.49. The van der Waals surface area contributed by atoms with Gasteiger partial charge in [-0.25, -0.2) is 4.98 Å². The highest BCUT2D eigenvalue weighted by molar-refractivity contribution is 6.30. The van der Waals surface area contributed by atoms with E-state index in [9.17, 15) is 9.59 Å². The van der Waals surface area contributed by atoms with Crippen LogP contribution in [0.4, 0.5) is 5.82 Å². The second-order valence-electron chi connectivity index (χ2n) is 6.57. The number of amides is 1. The molecule has 1 aromatic carbocycles. The lowest BCUT2D eigenvalue weighted by molar-refractivity contribution is -0.131. The molecule has 6 nitrogen and oxygen atoms in total. The topological polar surface area (TPSA) is 66.4 Å². The Labute approximate surface area is 164 Å². The minimum Gasteiger partial charge on any atom is -0.352 e. The number of carbonyl (C=O) groups excluding carboxylic acids is 2. The van der Waals surface area contributed by atoms with Crippen molar-refractivity contribution < 1.29 is 9.59 Å². The molecule has 0 atom stereocenters. The number of anilines is 1. The second-order valence-corrected chi connectivity index (χ2v) is 7.01. The SMILES string of the molecule is O=C(CCCCC(=O)N1CCN(c2cnccn2)CC1)c1ccc(Cl)cc1. The highest BCUT2D eigenvalue weighted by Crippen LogP contribution is 2.15.